The van der Waals surface area contributed by atoms with Crippen molar-refractivity contribution < 1.29 is 14.0 Å². The number of aryl methyl sites for hydroxylation is 1. The highest BCUT2D eigenvalue weighted by atomic mass is 16.3. The van der Waals surface area contributed by atoms with Crippen LogP contribution < -0.4 is 10.6 Å². The molecule has 0 radical (unpaired) electrons. The van der Waals surface area contributed by atoms with Crippen molar-refractivity contribution in [1.82, 2.24) is 15.6 Å². The van der Waals surface area contributed by atoms with Gasteiger partial charge in [0, 0.05) is 31.4 Å². The summed E-state index contributed by atoms with van der Waals surface area (Å²) in [5.41, 5.74) is 1.72. The number of nitrogens with zero attached hydrogens (tertiary/aromatic N) is 1. The Hall–Kier alpha value is -2.63. The van der Waals surface area contributed by atoms with Crippen molar-refractivity contribution >= 4 is 11.8 Å². The van der Waals surface area contributed by atoms with Crippen molar-refractivity contribution in [2.75, 3.05) is 6.54 Å². The van der Waals surface area contributed by atoms with Gasteiger partial charge in [-0.3, -0.25) is 14.6 Å². The molecule has 0 saturated carbocycles. The molecule has 0 saturated heterocycles. The van der Waals surface area contributed by atoms with E-state index in [-0.39, 0.29) is 17.9 Å². The molecule has 1 atom stereocenters. The summed E-state index contributed by atoms with van der Waals surface area (Å²) in [4.78, 5) is 28.6. The van der Waals surface area contributed by atoms with Crippen molar-refractivity contribution in [3.63, 3.8) is 0 Å². The number of carbonyl (C=O) groups excluding carboxylic acids is 2. The van der Waals surface area contributed by atoms with Gasteiger partial charge in [0.1, 0.15) is 12.0 Å². The van der Waals surface area contributed by atoms with Crippen molar-refractivity contribution in [3.05, 3.63) is 53.2 Å². The quantitative estimate of drug-likeness (QED) is 0.900. The SMILES string of the molecule is CC(Cc1cccnc1)NC(=O)c1coc2c1C(=O)NCCC2. The molecule has 6 heteroatoms. The van der Waals surface area contributed by atoms with Crippen LogP contribution in [-0.2, 0) is 12.8 Å². The van der Waals surface area contributed by atoms with Gasteiger partial charge in [-0.2, -0.15) is 0 Å². The molecule has 23 heavy (non-hydrogen) atoms. The monoisotopic (exact) mass is 313 g/mol. The minimum absolute atomic E-state index is 0.0777. The number of rotatable bonds is 4. The number of hydrogen-bond donors (Lipinski definition) is 2. The molecule has 6 nitrogen and oxygen atoms in total. The van der Waals surface area contributed by atoms with E-state index in [2.05, 4.69) is 15.6 Å². The van der Waals surface area contributed by atoms with E-state index < -0.39 is 0 Å². The van der Waals surface area contributed by atoms with Crippen LogP contribution in [0.2, 0.25) is 0 Å². The molecular formula is C17H19N3O3. The maximum atomic E-state index is 12.5. The van der Waals surface area contributed by atoms with Gasteiger partial charge in [0.15, 0.2) is 0 Å². The van der Waals surface area contributed by atoms with Gasteiger partial charge in [0.2, 0.25) is 0 Å². The fourth-order valence-electron chi connectivity index (χ4n) is 2.76. The van der Waals surface area contributed by atoms with Gasteiger partial charge in [-0.05, 0) is 31.4 Å². The molecule has 2 N–H and O–H groups in total. The van der Waals surface area contributed by atoms with Crippen molar-refractivity contribution in [2.24, 2.45) is 0 Å². The number of pyridine rings is 1. The van der Waals surface area contributed by atoms with E-state index in [9.17, 15) is 9.59 Å². The van der Waals surface area contributed by atoms with Crippen LogP contribution in [0.15, 0.2) is 35.2 Å². The van der Waals surface area contributed by atoms with Crippen LogP contribution in [0, 0.1) is 0 Å². The van der Waals surface area contributed by atoms with Crippen LogP contribution in [-0.4, -0.2) is 29.4 Å². The first-order chi connectivity index (χ1) is 11.1. The molecule has 0 bridgehead atoms. The molecule has 120 valence electrons. The predicted octanol–water partition coefficient (Wildman–Crippen LogP) is 1.71. The molecule has 1 unspecified atom stereocenters. The minimum atomic E-state index is -0.288. The van der Waals surface area contributed by atoms with Crippen molar-refractivity contribution in [2.45, 2.75) is 32.2 Å². The molecule has 0 fully saturated rings. The lowest BCUT2D eigenvalue weighted by atomic mass is 10.1. The van der Waals surface area contributed by atoms with Gasteiger partial charge < -0.3 is 15.1 Å². The number of aromatic nitrogens is 1. The van der Waals surface area contributed by atoms with Crippen molar-refractivity contribution in [1.29, 1.82) is 0 Å². The lowest BCUT2D eigenvalue weighted by Crippen LogP contribution is -2.35. The highest BCUT2D eigenvalue weighted by Crippen LogP contribution is 2.21. The first kappa shape index (κ1) is 15.3. The van der Waals surface area contributed by atoms with Gasteiger partial charge >= 0.3 is 0 Å². The third-order valence-corrected chi connectivity index (χ3v) is 3.85. The van der Waals surface area contributed by atoms with E-state index in [1.54, 1.807) is 12.4 Å². The maximum absolute atomic E-state index is 12.5. The summed E-state index contributed by atoms with van der Waals surface area (Å²) in [6.07, 6.45) is 7.01. The lowest BCUT2D eigenvalue weighted by Gasteiger charge is -2.13. The van der Waals surface area contributed by atoms with Gasteiger partial charge in [0.25, 0.3) is 11.8 Å². The number of furan rings is 1. The predicted molar refractivity (Wildman–Crippen MR) is 84.2 cm³/mol. The van der Waals surface area contributed by atoms with Crippen LogP contribution in [0.5, 0.6) is 0 Å². The first-order valence-corrected chi connectivity index (χ1v) is 7.73. The fourth-order valence-corrected chi connectivity index (χ4v) is 2.76. The van der Waals surface area contributed by atoms with E-state index in [1.807, 2.05) is 19.1 Å². The van der Waals surface area contributed by atoms with Crippen molar-refractivity contribution in [3.8, 4) is 0 Å². The van der Waals surface area contributed by atoms with Gasteiger partial charge in [-0.25, -0.2) is 0 Å². The third kappa shape index (κ3) is 3.41. The largest absolute Gasteiger partial charge is 0.468 e. The standard InChI is InChI=1S/C17H19N3O3/c1-11(8-12-4-2-6-18-9-12)20-16(21)13-10-23-14-5-3-7-19-17(22)15(13)14/h2,4,6,9-11H,3,5,7-8H2,1H3,(H,19,22)(H,20,21). The normalized spacial score (nSPS) is 15.3. The highest BCUT2D eigenvalue weighted by Gasteiger charge is 2.27. The van der Waals surface area contributed by atoms with E-state index in [0.29, 0.717) is 36.3 Å². The van der Waals surface area contributed by atoms with Crippen LogP contribution in [0.3, 0.4) is 0 Å². The zero-order valence-corrected chi connectivity index (χ0v) is 13.0. The van der Waals surface area contributed by atoms with Crippen LogP contribution in [0.4, 0.5) is 0 Å². The second-order valence-corrected chi connectivity index (χ2v) is 5.75. The zero-order valence-electron chi connectivity index (χ0n) is 13.0. The van der Waals surface area contributed by atoms with E-state index in [1.165, 1.54) is 6.26 Å². The van der Waals surface area contributed by atoms with E-state index in [4.69, 9.17) is 4.42 Å². The lowest BCUT2D eigenvalue weighted by molar-refractivity contribution is 0.0913. The van der Waals surface area contributed by atoms with E-state index in [0.717, 1.165) is 12.0 Å². The van der Waals surface area contributed by atoms with Crippen LogP contribution in [0.1, 0.15) is 45.4 Å². The average molecular weight is 313 g/mol. The molecule has 1 aliphatic heterocycles. The molecule has 2 aromatic heterocycles. The first-order valence-electron chi connectivity index (χ1n) is 7.73. The van der Waals surface area contributed by atoms with Gasteiger partial charge in [0.05, 0.1) is 11.1 Å². The number of nitrogens with one attached hydrogen (secondary N) is 2. The Morgan fingerprint density at radius 3 is 3.17 bits per heavy atom. The molecule has 0 spiro atoms. The highest BCUT2D eigenvalue weighted by molar-refractivity contribution is 6.08. The summed E-state index contributed by atoms with van der Waals surface area (Å²) in [6, 6.07) is 3.75. The molecule has 3 heterocycles. The van der Waals surface area contributed by atoms with E-state index >= 15 is 0 Å². The van der Waals surface area contributed by atoms with Crippen LogP contribution >= 0.6 is 0 Å². The molecule has 3 rings (SSSR count). The summed E-state index contributed by atoms with van der Waals surface area (Å²) in [7, 11) is 0. The smallest absolute Gasteiger partial charge is 0.255 e. The van der Waals surface area contributed by atoms with Gasteiger partial charge in [-0.15, -0.1) is 0 Å². The Balaban J connectivity index is 1.71. The molecule has 0 aliphatic carbocycles. The molecule has 0 aromatic carbocycles. The number of hydrogen-bond acceptors (Lipinski definition) is 4. The van der Waals surface area contributed by atoms with Gasteiger partial charge in [-0.1, -0.05) is 6.07 Å². The number of amides is 2. The second-order valence-electron chi connectivity index (χ2n) is 5.75. The topological polar surface area (TPSA) is 84.2 Å². The molecule has 2 aromatic rings. The summed E-state index contributed by atoms with van der Waals surface area (Å²) in [5, 5.41) is 5.70. The average Bonchev–Trinajstić information content (AvgIpc) is 2.88. The summed E-state index contributed by atoms with van der Waals surface area (Å²) in [5.74, 6) is 0.0600. The molecule has 1 aliphatic rings. The third-order valence-electron chi connectivity index (χ3n) is 3.85. The Bertz CT molecular complexity index is 709. The summed E-state index contributed by atoms with van der Waals surface area (Å²) < 4.78 is 5.43. The summed E-state index contributed by atoms with van der Waals surface area (Å²) >= 11 is 0. The second kappa shape index (κ2) is 6.64. The Labute approximate surface area is 134 Å². The Morgan fingerprint density at radius 2 is 2.39 bits per heavy atom. The Kier molecular flexibility index (Phi) is 4.41. The molecular weight excluding hydrogens is 294 g/mol. The number of carbonyl (C=O) groups is 2. The summed E-state index contributed by atoms with van der Waals surface area (Å²) in [6.45, 7) is 2.52. The van der Waals surface area contributed by atoms with Crippen LogP contribution in [0.25, 0.3) is 0 Å². The number of fused-ring (bicyclic) bond motifs is 1. The Morgan fingerprint density at radius 1 is 1.52 bits per heavy atom. The fraction of sp³-hybridized carbons (Fsp3) is 0.353. The maximum Gasteiger partial charge on any atom is 0.255 e. The molecule has 2 amide bonds. The minimum Gasteiger partial charge on any atom is -0.468 e. The zero-order chi connectivity index (χ0) is 16.2.